The van der Waals surface area contributed by atoms with E-state index < -0.39 is 0 Å². The summed E-state index contributed by atoms with van der Waals surface area (Å²) in [6, 6.07) is 4.67. The Morgan fingerprint density at radius 2 is 2.18 bits per heavy atom. The third-order valence-electron chi connectivity index (χ3n) is 3.01. The first-order chi connectivity index (χ1) is 8.24. The van der Waals surface area contributed by atoms with Crippen LogP contribution in [0, 0.1) is 6.92 Å². The fourth-order valence-corrected chi connectivity index (χ4v) is 2.10. The Hall–Kier alpha value is -1.58. The zero-order valence-electron chi connectivity index (χ0n) is 10.8. The van der Waals surface area contributed by atoms with Gasteiger partial charge in [0, 0.05) is 6.04 Å². The van der Waals surface area contributed by atoms with Crippen LogP contribution in [0.15, 0.2) is 18.5 Å². The van der Waals surface area contributed by atoms with Crippen LogP contribution in [0.5, 0.6) is 0 Å². The zero-order chi connectivity index (χ0) is 12.3. The van der Waals surface area contributed by atoms with Crippen molar-refractivity contribution in [2.24, 2.45) is 0 Å². The first kappa shape index (κ1) is 11.9. The number of rotatable bonds is 5. The lowest BCUT2D eigenvalue weighted by atomic mass is 10.1. The summed E-state index contributed by atoms with van der Waals surface area (Å²) in [6.45, 7) is 6.51. The lowest BCUT2D eigenvalue weighted by molar-refractivity contribution is 0.617. The van der Waals surface area contributed by atoms with Gasteiger partial charge in [-0.3, -0.25) is 0 Å². The van der Waals surface area contributed by atoms with Crippen molar-refractivity contribution < 1.29 is 0 Å². The number of nitrogens with zero attached hydrogens (tertiary/aromatic N) is 3. The highest BCUT2D eigenvalue weighted by Gasteiger charge is 2.09. The summed E-state index contributed by atoms with van der Waals surface area (Å²) in [5, 5.41) is 7.81. The van der Waals surface area contributed by atoms with Crippen LogP contribution >= 0.6 is 0 Å². The average molecular weight is 232 g/mol. The van der Waals surface area contributed by atoms with Crippen molar-refractivity contribution in [3.63, 3.8) is 0 Å². The van der Waals surface area contributed by atoms with E-state index in [9.17, 15) is 0 Å². The monoisotopic (exact) mass is 232 g/mol. The molecule has 4 heteroatoms. The highest BCUT2D eigenvalue weighted by molar-refractivity contribution is 5.51. The van der Waals surface area contributed by atoms with Crippen molar-refractivity contribution in [1.29, 1.82) is 0 Å². The van der Waals surface area contributed by atoms with E-state index in [-0.39, 0.29) is 0 Å². The first-order valence-electron chi connectivity index (χ1n) is 6.31. The Balaban J connectivity index is 2.30. The number of pyridine rings is 1. The summed E-state index contributed by atoms with van der Waals surface area (Å²) in [4.78, 5) is 4.23. The van der Waals surface area contributed by atoms with E-state index in [0.29, 0.717) is 6.04 Å². The number of fused-ring (bicyclic) bond motifs is 1. The molecule has 17 heavy (non-hydrogen) atoms. The molecule has 0 saturated heterocycles. The highest BCUT2D eigenvalue weighted by Crippen LogP contribution is 2.16. The molecule has 0 aromatic carbocycles. The smallest absolute Gasteiger partial charge is 0.157 e. The van der Waals surface area contributed by atoms with E-state index in [4.69, 9.17) is 0 Å². The Kier molecular flexibility index (Phi) is 3.61. The van der Waals surface area contributed by atoms with Crippen LogP contribution in [0.4, 0.5) is 5.82 Å². The second-order valence-corrected chi connectivity index (χ2v) is 4.49. The lowest BCUT2D eigenvalue weighted by Gasteiger charge is -2.18. The topological polar surface area (TPSA) is 42.2 Å². The summed E-state index contributed by atoms with van der Waals surface area (Å²) in [6.07, 6.45) is 5.09. The maximum absolute atomic E-state index is 4.25. The van der Waals surface area contributed by atoms with Gasteiger partial charge in [0.05, 0.1) is 0 Å². The van der Waals surface area contributed by atoms with Crippen molar-refractivity contribution in [3.05, 3.63) is 24.0 Å². The second-order valence-electron chi connectivity index (χ2n) is 4.49. The van der Waals surface area contributed by atoms with Crippen molar-refractivity contribution in [1.82, 2.24) is 14.6 Å². The molecular weight excluding hydrogens is 212 g/mol. The van der Waals surface area contributed by atoms with Crippen LogP contribution < -0.4 is 5.32 Å². The Bertz CT molecular complexity index is 489. The fraction of sp³-hybridized carbons (Fsp3) is 0.538. The average Bonchev–Trinajstić information content (AvgIpc) is 2.76. The van der Waals surface area contributed by atoms with Gasteiger partial charge in [0.25, 0.3) is 0 Å². The maximum atomic E-state index is 4.25. The summed E-state index contributed by atoms with van der Waals surface area (Å²) in [5.74, 6) is 1.04. The van der Waals surface area contributed by atoms with Gasteiger partial charge in [-0.05, 0) is 37.5 Å². The third kappa shape index (κ3) is 2.57. The lowest BCUT2D eigenvalue weighted by Crippen LogP contribution is -2.20. The molecule has 2 heterocycles. The normalized spacial score (nSPS) is 12.9. The SMILES string of the molecule is CCCC(CC)Nc1cc(C)cc2ncnn12. The van der Waals surface area contributed by atoms with Gasteiger partial charge in [0.2, 0.25) is 0 Å². The van der Waals surface area contributed by atoms with Crippen LogP contribution in [0.3, 0.4) is 0 Å². The van der Waals surface area contributed by atoms with Gasteiger partial charge in [-0.1, -0.05) is 20.3 Å². The minimum Gasteiger partial charge on any atom is -0.367 e. The van der Waals surface area contributed by atoms with Crippen molar-refractivity contribution in [2.45, 2.75) is 46.1 Å². The molecule has 92 valence electrons. The molecular formula is C13H20N4. The number of hydrogen-bond acceptors (Lipinski definition) is 3. The third-order valence-corrected chi connectivity index (χ3v) is 3.01. The minimum atomic E-state index is 0.509. The Labute approximate surface area is 102 Å². The predicted molar refractivity (Wildman–Crippen MR) is 70.3 cm³/mol. The number of aryl methyl sites for hydroxylation is 1. The fourth-order valence-electron chi connectivity index (χ4n) is 2.10. The van der Waals surface area contributed by atoms with E-state index in [1.807, 2.05) is 10.6 Å². The molecule has 0 radical (unpaired) electrons. The summed E-state index contributed by atoms with van der Waals surface area (Å²) < 4.78 is 1.87. The van der Waals surface area contributed by atoms with Crippen molar-refractivity contribution in [2.75, 3.05) is 5.32 Å². The Morgan fingerprint density at radius 3 is 2.88 bits per heavy atom. The maximum Gasteiger partial charge on any atom is 0.157 e. The predicted octanol–water partition coefficient (Wildman–Crippen LogP) is 3.03. The van der Waals surface area contributed by atoms with Crippen molar-refractivity contribution in [3.8, 4) is 0 Å². The molecule has 1 unspecified atom stereocenters. The molecule has 0 aliphatic rings. The van der Waals surface area contributed by atoms with Crippen molar-refractivity contribution >= 4 is 11.5 Å². The molecule has 1 atom stereocenters. The largest absolute Gasteiger partial charge is 0.367 e. The minimum absolute atomic E-state index is 0.509. The van der Waals surface area contributed by atoms with Gasteiger partial charge in [-0.15, -0.1) is 0 Å². The zero-order valence-corrected chi connectivity index (χ0v) is 10.8. The quantitative estimate of drug-likeness (QED) is 0.861. The van der Waals surface area contributed by atoms with Crippen LogP contribution in [-0.4, -0.2) is 20.6 Å². The second kappa shape index (κ2) is 5.17. The molecule has 0 saturated carbocycles. The number of aromatic nitrogens is 3. The molecule has 0 spiro atoms. The standard InChI is InChI=1S/C13H20N4/c1-4-6-11(5-2)16-13-8-10(3)7-12-14-9-15-17(12)13/h7-9,11,16H,4-6H2,1-3H3. The van der Waals surface area contributed by atoms with E-state index >= 15 is 0 Å². The molecule has 0 fully saturated rings. The van der Waals surface area contributed by atoms with Gasteiger partial charge in [0.15, 0.2) is 5.65 Å². The van der Waals surface area contributed by atoms with Crippen LogP contribution in [0.25, 0.3) is 5.65 Å². The molecule has 0 aliphatic carbocycles. The van der Waals surface area contributed by atoms with Crippen LogP contribution in [0.1, 0.15) is 38.7 Å². The summed E-state index contributed by atoms with van der Waals surface area (Å²) in [7, 11) is 0. The molecule has 2 aromatic heterocycles. The molecule has 0 amide bonds. The van der Waals surface area contributed by atoms with Gasteiger partial charge < -0.3 is 5.32 Å². The summed E-state index contributed by atoms with van der Waals surface area (Å²) >= 11 is 0. The van der Waals surface area contributed by atoms with E-state index in [0.717, 1.165) is 17.9 Å². The highest BCUT2D eigenvalue weighted by atomic mass is 15.3. The van der Waals surface area contributed by atoms with Crippen LogP contribution in [0.2, 0.25) is 0 Å². The van der Waals surface area contributed by atoms with Gasteiger partial charge in [-0.2, -0.15) is 9.61 Å². The van der Waals surface area contributed by atoms with Crippen LogP contribution in [-0.2, 0) is 0 Å². The molecule has 0 bridgehead atoms. The number of nitrogens with one attached hydrogen (secondary N) is 1. The van der Waals surface area contributed by atoms with E-state index in [2.05, 4.69) is 42.2 Å². The van der Waals surface area contributed by atoms with Gasteiger partial charge in [-0.25, -0.2) is 4.98 Å². The number of anilines is 1. The summed E-state index contributed by atoms with van der Waals surface area (Å²) in [5.41, 5.74) is 2.11. The molecule has 2 aromatic rings. The van der Waals surface area contributed by atoms with E-state index in [1.165, 1.54) is 18.4 Å². The molecule has 1 N–H and O–H groups in total. The molecule has 2 rings (SSSR count). The Morgan fingerprint density at radius 1 is 1.35 bits per heavy atom. The molecule has 4 nitrogen and oxygen atoms in total. The molecule has 0 aliphatic heterocycles. The van der Waals surface area contributed by atoms with Gasteiger partial charge in [0.1, 0.15) is 12.1 Å². The van der Waals surface area contributed by atoms with E-state index in [1.54, 1.807) is 6.33 Å². The number of hydrogen-bond donors (Lipinski definition) is 1. The van der Waals surface area contributed by atoms with Gasteiger partial charge >= 0.3 is 0 Å². The first-order valence-corrected chi connectivity index (χ1v) is 6.31.